The summed E-state index contributed by atoms with van der Waals surface area (Å²) in [6.45, 7) is 10.0. The van der Waals surface area contributed by atoms with Crippen LogP contribution < -0.4 is 0 Å². The number of benzene rings is 3. The van der Waals surface area contributed by atoms with Gasteiger partial charge in [-0.05, 0) is 44.4 Å². The van der Waals surface area contributed by atoms with Crippen LogP contribution in [0.1, 0.15) is 44.4 Å². The lowest BCUT2D eigenvalue weighted by molar-refractivity contribution is -0.131. The fourth-order valence-electron chi connectivity index (χ4n) is 3.78. The third-order valence-corrected chi connectivity index (χ3v) is 8.82. The smallest absolute Gasteiger partial charge is 0.385 e. The lowest BCUT2D eigenvalue weighted by atomic mass is 10.1. The standard InChI is InChI=1S/C24H26O8P2.C8H8/c1-17(2)23(19-11-7-5-8-12-19)33(27,28)31-21(25)15-16-22(26)32-34(29,30)24(18(3)4)20-13-9-6-10-14-20;1-2-8-6-4-3-5-7-8/h5-16H,1-4H3,(H,27,28)(H,29,30);2-7H,1H2/b16-15-;. The number of hydrogen-bond acceptors (Lipinski definition) is 6. The Labute approximate surface area is 246 Å². The van der Waals surface area contributed by atoms with Crippen LogP contribution in [-0.4, -0.2) is 21.7 Å². The van der Waals surface area contributed by atoms with E-state index in [1.54, 1.807) is 88.4 Å². The maximum atomic E-state index is 12.8. The molecule has 2 unspecified atom stereocenters. The second-order valence-corrected chi connectivity index (χ2v) is 12.6. The van der Waals surface area contributed by atoms with E-state index in [0.717, 1.165) is 0 Å². The zero-order chi connectivity index (χ0) is 31.3. The van der Waals surface area contributed by atoms with Crippen molar-refractivity contribution in [2.75, 3.05) is 0 Å². The molecule has 3 rings (SSSR count). The summed E-state index contributed by atoms with van der Waals surface area (Å²) >= 11 is 0. The fourth-order valence-corrected chi connectivity index (χ4v) is 6.66. The third-order valence-electron chi connectivity index (χ3n) is 5.43. The lowest BCUT2D eigenvalue weighted by Crippen LogP contribution is -2.05. The second kappa shape index (κ2) is 15.8. The maximum Gasteiger partial charge on any atom is 0.411 e. The van der Waals surface area contributed by atoms with Gasteiger partial charge in [-0.1, -0.05) is 115 Å². The van der Waals surface area contributed by atoms with E-state index in [-0.39, 0.29) is 10.6 Å². The first-order chi connectivity index (χ1) is 19.8. The van der Waals surface area contributed by atoms with E-state index in [1.165, 1.54) is 5.56 Å². The van der Waals surface area contributed by atoms with E-state index >= 15 is 0 Å². The van der Waals surface area contributed by atoms with Gasteiger partial charge in [0.25, 0.3) is 0 Å². The van der Waals surface area contributed by atoms with Crippen molar-refractivity contribution >= 4 is 43.8 Å². The van der Waals surface area contributed by atoms with E-state index in [9.17, 15) is 28.5 Å². The average molecular weight is 609 g/mol. The van der Waals surface area contributed by atoms with Crippen molar-refractivity contribution in [3.63, 3.8) is 0 Å². The van der Waals surface area contributed by atoms with Crippen LogP contribution in [0.15, 0.2) is 121 Å². The lowest BCUT2D eigenvalue weighted by Gasteiger charge is -2.17. The molecule has 0 radical (unpaired) electrons. The van der Waals surface area contributed by atoms with E-state index in [2.05, 4.69) is 6.58 Å². The van der Waals surface area contributed by atoms with Gasteiger partial charge in [-0.25, -0.2) is 18.7 Å². The molecule has 0 aliphatic heterocycles. The number of carbonyl (C=O) groups is 2. The van der Waals surface area contributed by atoms with E-state index in [0.29, 0.717) is 34.4 Å². The highest BCUT2D eigenvalue weighted by Crippen LogP contribution is 2.58. The Morgan fingerprint density at radius 3 is 1.19 bits per heavy atom. The highest BCUT2D eigenvalue weighted by atomic mass is 31.2. The van der Waals surface area contributed by atoms with Gasteiger partial charge in [-0.2, -0.15) is 0 Å². The summed E-state index contributed by atoms with van der Waals surface area (Å²) in [6, 6.07) is 26.5. The molecular weight excluding hydrogens is 574 g/mol. The fraction of sp³-hybridized carbons (Fsp3) is 0.125. The number of allylic oxidation sites excluding steroid dienone is 2. The minimum Gasteiger partial charge on any atom is -0.385 e. The van der Waals surface area contributed by atoms with Gasteiger partial charge in [0.15, 0.2) is 0 Å². The molecule has 0 heterocycles. The van der Waals surface area contributed by atoms with Gasteiger partial charge in [0.1, 0.15) is 0 Å². The van der Waals surface area contributed by atoms with Crippen LogP contribution in [0.25, 0.3) is 16.7 Å². The molecule has 0 aliphatic carbocycles. The Hall–Kier alpha value is -4.06. The summed E-state index contributed by atoms with van der Waals surface area (Å²) in [4.78, 5) is 45.1. The predicted octanol–water partition coefficient (Wildman–Crippen LogP) is 8.23. The number of hydrogen-bond donors (Lipinski definition) is 2. The van der Waals surface area contributed by atoms with E-state index in [1.807, 2.05) is 36.4 Å². The Morgan fingerprint density at radius 1 is 0.619 bits per heavy atom. The molecule has 8 nitrogen and oxygen atoms in total. The molecule has 2 atom stereocenters. The summed E-state index contributed by atoms with van der Waals surface area (Å²) in [6.07, 6.45) is 2.95. The van der Waals surface area contributed by atoms with Gasteiger partial charge in [-0.15, -0.1) is 0 Å². The molecule has 0 fully saturated rings. The molecule has 0 aromatic heterocycles. The molecule has 3 aromatic carbocycles. The summed E-state index contributed by atoms with van der Waals surface area (Å²) in [5.41, 5.74) is 2.91. The minimum absolute atomic E-state index is 0.0478. The predicted molar refractivity (Wildman–Crippen MR) is 167 cm³/mol. The van der Waals surface area contributed by atoms with Crippen molar-refractivity contribution in [3.8, 4) is 0 Å². The molecule has 220 valence electrons. The molecule has 42 heavy (non-hydrogen) atoms. The van der Waals surface area contributed by atoms with Gasteiger partial charge in [0, 0.05) is 12.2 Å². The van der Waals surface area contributed by atoms with E-state index in [4.69, 9.17) is 9.05 Å². The van der Waals surface area contributed by atoms with Gasteiger partial charge >= 0.3 is 27.1 Å². The summed E-state index contributed by atoms with van der Waals surface area (Å²) in [5.74, 6) is -2.59. The number of carbonyl (C=O) groups excluding carboxylic acids is 2. The van der Waals surface area contributed by atoms with E-state index < -0.39 is 27.1 Å². The minimum atomic E-state index is -4.59. The van der Waals surface area contributed by atoms with Crippen molar-refractivity contribution in [1.82, 2.24) is 0 Å². The number of rotatable bonds is 9. The SMILES string of the molecule is C=Cc1ccccc1.CC(C)=C(c1ccccc1)P(=O)(O)OC(=O)/C=C\C(=O)OP(=O)(O)C(=C(C)C)c1ccccc1. The quantitative estimate of drug-likeness (QED) is 0.184. The Kier molecular flexibility index (Phi) is 12.9. The van der Waals surface area contributed by atoms with Crippen LogP contribution >= 0.6 is 15.2 Å². The highest BCUT2D eigenvalue weighted by Gasteiger charge is 2.33. The zero-order valence-corrected chi connectivity index (χ0v) is 25.6. The molecule has 0 saturated heterocycles. The second-order valence-electron chi connectivity index (χ2n) is 9.24. The molecule has 0 aliphatic rings. The average Bonchev–Trinajstić information content (AvgIpc) is 2.92. The van der Waals surface area contributed by atoms with Crippen molar-refractivity contribution < 1.29 is 37.6 Å². The van der Waals surface area contributed by atoms with Gasteiger partial charge in [0.05, 0.1) is 10.6 Å². The molecule has 3 aromatic rings. The molecule has 0 amide bonds. The first-order valence-electron chi connectivity index (χ1n) is 12.7. The van der Waals surface area contributed by atoms with Gasteiger partial charge in [0.2, 0.25) is 0 Å². The first kappa shape index (κ1) is 34.1. The van der Waals surface area contributed by atoms with Crippen molar-refractivity contribution in [3.05, 3.63) is 138 Å². The van der Waals surface area contributed by atoms with Crippen LogP contribution in [0.4, 0.5) is 0 Å². The van der Waals surface area contributed by atoms with Gasteiger partial charge in [-0.3, -0.25) is 0 Å². The van der Waals surface area contributed by atoms with Gasteiger partial charge < -0.3 is 18.8 Å². The summed E-state index contributed by atoms with van der Waals surface area (Å²) < 4.78 is 35.0. The van der Waals surface area contributed by atoms with Crippen molar-refractivity contribution in [2.45, 2.75) is 27.7 Å². The first-order valence-corrected chi connectivity index (χ1v) is 15.9. The summed E-state index contributed by atoms with van der Waals surface area (Å²) in [5, 5.41) is -0.0957. The van der Waals surface area contributed by atoms with Crippen LogP contribution in [0.5, 0.6) is 0 Å². The van der Waals surface area contributed by atoms with Crippen LogP contribution in [0.3, 0.4) is 0 Å². The topological polar surface area (TPSA) is 127 Å². The molecule has 10 heteroatoms. The van der Waals surface area contributed by atoms with Crippen LogP contribution in [-0.2, 0) is 27.8 Å². The largest absolute Gasteiger partial charge is 0.411 e. The monoisotopic (exact) mass is 608 g/mol. The third kappa shape index (κ3) is 10.4. The zero-order valence-electron chi connectivity index (χ0n) is 23.8. The van der Waals surface area contributed by atoms with Crippen LogP contribution in [0.2, 0.25) is 0 Å². The molecule has 2 N–H and O–H groups in total. The van der Waals surface area contributed by atoms with Crippen LogP contribution in [0, 0.1) is 0 Å². The normalized spacial score (nSPS) is 13.3. The van der Waals surface area contributed by atoms with Crippen molar-refractivity contribution in [1.29, 1.82) is 0 Å². The Balaban J connectivity index is 0.000000661. The highest BCUT2D eigenvalue weighted by molar-refractivity contribution is 7.65. The summed E-state index contributed by atoms with van der Waals surface area (Å²) in [7, 11) is -9.18. The molecule has 0 saturated carbocycles. The molecule has 0 bridgehead atoms. The Bertz CT molecular complexity index is 1470. The van der Waals surface area contributed by atoms with Crippen molar-refractivity contribution in [2.24, 2.45) is 0 Å². The maximum absolute atomic E-state index is 12.8. The molecule has 0 spiro atoms. The molecular formula is C32H34O8P2. The Morgan fingerprint density at radius 2 is 0.929 bits per heavy atom.